The third kappa shape index (κ3) is 3.85. The number of hydrogen-bond donors (Lipinski definition) is 1. The standard InChI is InChI=1S/C25H32N6O2/c1-17(30-15-20(16-30)18-4-6-21(7-5-18)29-10-2-3-11-29)23-27-25(32)22-14-26-24(31(22)28-23)19-8-12-33-13-9-19/h4-7,14,17,19-20H,2-3,8-13,15-16H2,1H3,(H,27,28,32). The van der Waals surface area contributed by atoms with Gasteiger partial charge in [-0.1, -0.05) is 12.1 Å². The fourth-order valence-electron chi connectivity index (χ4n) is 5.50. The molecule has 0 saturated carbocycles. The lowest BCUT2D eigenvalue weighted by molar-refractivity contribution is 0.0829. The molecule has 1 atom stereocenters. The van der Waals surface area contributed by atoms with Gasteiger partial charge in [0, 0.05) is 56.9 Å². The molecule has 0 bridgehead atoms. The van der Waals surface area contributed by atoms with Gasteiger partial charge in [-0.2, -0.15) is 5.10 Å². The zero-order chi connectivity index (χ0) is 22.4. The van der Waals surface area contributed by atoms with Gasteiger partial charge in [0.1, 0.15) is 11.6 Å². The van der Waals surface area contributed by atoms with Crippen LogP contribution in [0.25, 0.3) is 5.52 Å². The molecule has 5 heterocycles. The maximum Gasteiger partial charge on any atom is 0.277 e. The third-order valence-electron chi connectivity index (χ3n) is 7.72. The van der Waals surface area contributed by atoms with E-state index in [1.165, 1.54) is 37.2 Å². The lowest BCUT2D eigenvalue weighted by atomic mass is 9.90. The van der Waals surface area contributed by atoms with Crippen LogP contribution in [-0.2, 0) is 4.74 Å². The first kappa shape index (κ1) is 20.9. The van der Waals surface area contributed by atoms with E-state index in [0.29, 0.717) is 17.3 Å². The fraction of sp³-hybridized carbons (Fsp3) is 0.560. The van der Waals surface area contributed by atoms with Gasteiger partial charge in [-0.15, -0.1) is 0 Å². The van der Waals surface area contributed by atoms with Crippen molar-refractivity contribution in [2.24, 2.45) is 0 Å². The molecule has 3 saturated heterocycles. The summed E-state index contributed by atoms with van der Waals surface area (Å²) in [5.41, 5.74) is 3.14. The molecule has 2 aromatic heterocycles. The molecule has 8 heteroatoms. The molecule has 3 fully saturated rings. The Hall–Kier alpha value is -2.71. The van der Waals surface area contributed by atoms with Crippen molar-refractivity contribution in [1.29, 1.82) is 0 Å². The highest BCUT2D eigenvalue weighted by molar-refractivity contribution is 5.49. The number of benzene rings is 1. The Bertz CT molecular complexity index is 1170. The van der Waals surface area contributed by atoms with Crippen LogP contribution < -0.4 is 10.5 Å². The second kappa shape index (κ2) is 8.57. The molecule has 6 rings (SSSR count). The van der Waals surface area contributed by atoms with Crippen molar-refractivity contribution in [3.63, 3.8) is 0 Å². The normalized spacial score (nSPS) is 21.5. The van der Waals surface area contributed by atoms with Gasteiger partial charge < -0.3 is 14.6 Å². The molecule has 174 valence electrons. The van der Waals surface area contributed by atoms with E-state index in [2.05, 4.69) is 51.0 Å². The first-order chi connectivity index (χ1) is 16.2. The molecule has 1 unspecified atom stereocenters. The summed E-state index contributed by atoms with van der Waals surface area (Å²) < 4.78 is 7.27. The lowest BCUT2D eigenvalue weighted by Crippen LogP contribution is -2.46. The number of imidazole rings is 1. The van der Waals surface area contributed by atoms with Gasteiger partial charge >= 0.3 is 0 Å². The Morgan fingerprint density at radius 1 is 1.06 bits per heavy atom. The predicted molar refractivity (Wildman–Crippen MR) is 127 cm³/mol. The Balaban J connectivity index is 1.16. The van der Waals surface area contributed by atoms with Crippen LogP contribution in [0.15, 0.2) is 35.3 Å². The van der Waals surface area contributed by atoms with Crippen LogP contribution in [0.2, 0.25) is 0 Å². The zero-order valence-electron chi connectivity index (χ0n) is 19.2. The maximum absolute atomic E-state index is 12.8. The summed E-state index contributed by atoms with van der Waals surface area (Å²) in [6, 6.07) is 9.18. The van der Waals surface area contributed by atoms with Crippen LogP contribution in [0.5, 0.6) is 0 Å². The molecule has 0 radical (unpaired) electrons. The molecule has 3 aliphatic heterocycles. The number of rotatable bonds is 5. The minimum Gasteiger partial charge on any atom is -0.381 e. The molecule has 1 N–H and O–H groups in total. The van der Waals surface area contributed by atoms with Crippen molar-refractivity contribution in [2.45, 2.75) is 50.5 Å². The van der Waals surface area contributed by atoms with Crippen LogP contribution in [0.4, 0.5) is 5.69 Å². The summed E-state index contributed by atoms with van der Waals surface area (Å²) >= 11 is 0. The Morgan fingerprint density at radius 2 is 1.79 bits per heavy atom. The van der Waals surface area contributed by atoms with E-state index in [9.17, 15) is 4.79 Å². The van der Waals surface area contributed by atoms with Crippen molar-refractivity contribution in [3.8, 4) is 0 Å². The number of aromatic amines is 1. The summed E-state index contributed by atoms with van der Waals surface area (Å²) in [6.07, 6.45) is 6.09. The zero-order valence-corrected chi connectivity index (χ0v) is 19.2. The highest BCUT2D eigenvalue weighted by atomic mass is 16.5. The first-order valence-electron chi connectivity index (χ1n) is 12.3. The van der Waals surface area contributed by atoms with Crippen molar-refractivity contribution < 1.29 is 4.74 Å². The van der Waals surface area contributed by atoms with Gasteiger partial charge in [-0.3, -0.25) is 9.69 Å². The first-order valence-corrected chi connectivity index (χ1v) is 12.3. The minimum absolute atomic E-state index is 0.0483. The van der Waals surface area contributed by atoms with Crippen LogP contribution in [0.1, 0.15) is 67.7 Å². The largest absolute Gasteiger partial charge is 0.381 e. The van der Waals surface area contributed by atoms with E-state index in [4.69, 9.17) is 9.84 Å². The summed E-state index contributed by atoms with van der Waals surface area (Å²) in [5, 5.41) is 4.84. The van der Waals surface area contributed by atoms with Crippen LogP contribution in [-0.4, -0.2) is 63.9 Å². The highest BCUT2D eigenvalue weighted by Crippen LogP contribution is 2.34. The molecule has 0 aliphatic carbocycles. The topological polar surface area (TPSA) is 78.8 Å². The van der Waals surface area contributed by atoms with Crippen LogP contribution >= 0.6 is 0 Å². The number of aromatic nitrogens is 4. The summed E-state index contributed by atoms with van der Waals surface area (Å²) in [6.45, 7) is 7.90. The molecular formula is C25H32N6O2. The number of fused-ring (bicyclic) bond motifs is 1. The van der Waals surface area contributed by atoms with Crippen molar-refractivity contribution >= 4 is 11.2 Å². The number of H-pyrrole nitrogens is 1. The average molecular weight is 449 g/mol. The van der Waals surface area contributed by atoms with Gasteiger partial charge in [0.15, 0.2) is 5.52 Å². The van der Waals surface area contributed by atoms with Crippen LogP contribution in [0, 0.1) is 0 Å². The van der Waals surface area contributed by atoms with Gasteiger partial charge in [0.25, 0.3) is 5.56 Å². The SMILES string of the molecule is CC(c1nn2c(C3CCOCC3)ncc2c(=O)[nH]1)N1CC(c2ccc(N3CCCC3)cc2)C1. The van der Waals surface area contributed by atoms with Crippen molar-refractivity contribution in [2.75, 3.05) is 44.3 Å². The summed E-state index contributed by atoms with van der Waals surface area (Å²) in [4.78, 5) is 25.2. The van der Waals surface area contributed by atoms with Gasteiger partial charge in [0.05, 0.1) is 12.2 Å². The lowest BCUT2D eigenvalue weighted by Gasteiger charge is -2.43. The number of hydrogen-bond acceptors (Lipinski definition) is 6. The third-order valence-corrected chi connectivity index (χ3v) is 7.72. The van der Waals surface area contributed by atoms with Gasteiger partial charge in [-0.05, 0) is 50.3 Å². The monoisotopic (exact) mass is 448 g/mol. The van der Waals surface area contributed by atoms with Gasteiger partial charge in [0.2, 0.25) is 0 Å². The number of nitrogens with zero attached hydrogens (tertiary/aromatic N) is 5. The van der Waals surface area contributed by atoms with Crippen molar-refractivity contribution in [3.05, 3.63) is 58.0 Å². The van der Waals surface area contributed by atoms with E-state index in [-0.39, 0.29) is 17.5 Å². The van der Waals surface area contributed by atoms with E-state index >= 15 is 0 Å². The molecule has 0 spiro atoms. The van der Waals surface area contributed by atoms with Gasteiger partial charge in [-0.25, -0.2) is 9.50 Å². The minimum atomic E-state index is -0.118. The average Bonchev–Trinajstić information content (AvgIpc) is 3.50. The number of likely N-dealkylation sites (tertiary alicyclic amines) is 1. The number of nitrogens with one attached hydrogen (secondary N) is 1. The highest BCUT2D eigenvalue weighted by Gasteiger charge is 2.33. The molecule has 3 aliphatic rings. The Kier molecular flexibility index (Phi) is 5.42. The Morgan fingerprint density at radius 3 is 2.52 bits per heavy atom. The number of ether oxygens (including phenoxy) is 1. The van der Waals surface area contributed by atoms with E-state index < -0.39 is 0 Å². The second-order valence-electron chi connectivity index (χ2n) is 9.75. The van der Waals surface area contributed by atoms with E-state index in [1.54, 1.807) is 10.7 Å². The maximum atomic E-state index is 12.8. The Labute approximate surface area is 193 Å². The predicted octanol–water partition coefficient (Wildman–Crippen LogP) is 3.07. The molecular weight excluding hydrogens is 416 g/mol. The molecule has 1 aromatic carbocycles. The molecule has 33 heavy (non-hydrogen) atoms. The molecule has 3 aromatic rings. The van der Waals surface area contributed by atoms with E-state index in [1.807, 2.05) is 0 Å². The summed E-state index contributed by atoms with van der Waals surface area (Å²) in [5.74, 6) is 2.41. The van der Waals surface area contributed by atoms with E-state index in [0.717, 1.165) is 45.0 Å². The molecule has 8 nitrogen and oxygen atoms in total. The smallest absolute Gasteiger partial charge is 0.277 e. The second-order valence-corrected chi connectivity index (χ2v) is 9.75. The fourth-order valence-corrected chi connectivity index (χ4v) is 5.50. The van der Waals surface area contributed by atoms with Crippen LogP contribution in [0.3, 0.4) is 0 Å². The number of anilines is 1. The van der Waals surface area contributed by atoms with Crippen molar-refractivity contribution in [1.82, 2.24) is 24.5 Å². The quantitative estimate of drug-likeness (QED) is 0.646. The summed E-state index contributed by atoms with van der Waals surface area (Å²) in [7, 11) is 0. The molecule has 0 amide bonds.